The molecular formula is C23H18N2OS. The first kappa shape index (κ1) is 16.2. The summed E-state index contributed by atoms with van der Waals surface area (Å²) in [6.07, 6.45) is 0.914. The number of nitrogens with one attached hydrogen (secondary N) is 1. The summed E-state index contributed by atoms with van der Waals surface area (Å²) in [6, 6.07) is 24.8. The van der Waals surface area contributed by atoms with Crippen LogP contribution in [0.4, 0.5) is 5.13 Å². The van der Waals surface area contributed by atoms with Gasteiger partial charge in [0.15, 0.2) is 5.13 Å². The van der Waals surface area contributed by atoms with Gasteiger partial charge in [-0.2, -0.15) is 0 Å². The van der Waals surface area contributed by atoms with E-state index in [4.69, 9.17) is 0 Å². The number of rotatable bonds is 4. The van der Waals surface area contributed by atoms with Gasteiger partial charge in [-0.3, -0.25) is 4.79 Å². The van der Waals surface area contributed by atoms with Gasteiger partial charge in [0.05, 0.1) is 5.69 Å². The van der Waals surface area contributed by atoms with Gasteiger partial charge in [-0.15, -0.1) is 11.3 Å². The Kier molecular flexibility index (Phi) is 3.98. The summed E-state index contributed by atoms with van der Waals surface area (Å²) in [5, 5.41) is 8.06. The van der Waals surface area contributed by atoms with E-state index in [9.17, 15) is 4.79 Å². The van der Waals surface area contributed by atoms with E-state index in [-0.39, 0.29) is 11.8 Å². The van der Waals surface area contributed by atoms with Crippen LogP contribution in [0.2, 0.25) is 0 Å². The molecule has 1 aliphatic rings. The zero-order valence-electron chi connectivity index (χ0n) is 14.6. The van der Waals surface area contributed by atoms with Gasteiger partial charge in [0.25, 0.3) is 0 Å². The van der Waals surface area contributed by atoms with E-state index < -0.39 is 0 Å². The predicted octanol–water partition coefficient (Wildman–Crippen LogP) is 5.71. The van der Waals surface area contributed by atoms with Crippen molar-refractivity contribution < 1.29 is 4.79 Å². The van der Waals surface area contributed by atoms with Crippen molar-refractivity contribution in [1.82, 2.24) is 4.98 Å². The Hall–Kier alpha value is -2.98. The molecule has 5 rings (SSSR count). The standard InChI is InChI=1S/C23H18N2OS/c26-22(20-13-19(20)16-7-2-1-3-8-16)25-23-24-21(14-27-23)18-12-6-10-15-9-4-5-11-17(15)18/h1-12,14,19-20H,13H2,(H,24,25,26)/t19-,20-/m0/s1. The summed E-state index contributed by atoms with van der Waals surface area (Å²) in [4.78, 5) is 17.2. The minimum atomic E-state index is 0.0531. The Balaban J connectivity index is 1.34. The highest BCUT2D eigenvalue weighted by Gasteiger charge is 2.44. The summed E-state index contributed by atoms with van der Waals surface area (Å²) in [7, 11) is 0. The number of benzene rings is 3. The fourth-order valence-electron chi connectivity index (χ4n) is 3.66. The highest BCUT2D eigenvalue weighted by molar-refractivity contribution is 7.14. The second-order valence-corrected chi connectivity index (χ2v) is 7.77. The molecule has 0 bridgehead atoms. The van der Waals surface area contributed by atoms with Crippen LogP contribution in [0.5, 0.6) is 0 Å². The van der Waals surface area contributed by atoms with Gasteiger partial charge < -0.3 is 5.32 Å². The number of thiazole rings is 1. The SMILES string of the molecule is O=C(Nc1nc(-c2cccc3ccccc23)cs1)[C@H]1C[C@H]1c1ccccc1. The number of fused-ring (bicyclic) bond motifs is 1. The van der Waals surface area contributed by atoms with Crippen LogP contribution in [0.1, 0.15) is 17.9 Å². The van der Waals surface area contributed by atoms with Gasteiger partial charge >= 0.3 is 0 Å². The van der Waals surface area contributed by atoms with Crippen LogP contribution in [0.25, 0.3) is 22.0 Å². The van der Waals surface area contributed by atoms with Crippen LogP contribution >= 0.6 is 11.3 Å². The first-order valence-corrected chi connectivity index (χ1v) is 9.97. The lowest BCUT2D eigenvalue weighted by Crippen LogP contribution is -2.14. The van der Waals surface area contributed by atoms with E-state index in [1.807, 2.05) is 41.8 Å². The quantitative estimate of drug-likeness (QED) is 0.500. The molecule has 1 saturated carbocycles. The monoisotopic (exact) mass is 370 g/mol. The van der Waals surface area contributed by atoms with Crippen LogP contribution in [0.3, 0.4) is 0 Å². The van der Waals surface area contributed by atoms with Gasteiger partial charge in [0, 0.05) is 16.9 Å². The first-order valence-electron chi connectivity index (χ1n) is 9.09. The van der Waals surface area contributed by atoms with E-state index in [2.05, 4.69) is 46.7 Å². The van der Waals surface area contributed by atoms with Crippen LogP contribution < -0.4 is 5.32 Å². The normalized spacial score (nSPS) is 18.4. The molecule has 2 atom stereocenters. The van der Waals surface area contributed by atoms with E-state index >= 15 is 0 Å². The van der Waals surface area contributed by atoms with Gasteiger partial charge in [0.1, 0.15) is 0 Å². The van der Waals surface area contributed by atoms with Crippen LogP contribution in [0, 0.1) is 5.92 Å². The third-order valence-corrected chi connectivity index (χ3v) is 5.91. The van der Waals surface area contributed by atoms with Crippen molar-refractivity contribution in [2.75, 3.05) is 5.32 Å². The lowest BCUT2D eigenvalue weighted by atomic mass is 10.0. The molecule has 1 fully saturated rings. The van der Waals surface area contributed by atoms with E-state index in [1.165, 1.54) is 27.7 Å². The lowest BCUT2D eigenvalue weighted by Gasteiger charge is -2.04. The second-order valence-electron chi connectivity index (χ2n) is 6.91. The van der Waals surface area contributed by atoms with Gasteiger partial charge in [-0.1, -0.05) is 72.8 Å². The van der Waals surface area contributed by atoms with E-state index in [1.54, 1.807) is 0 Å². The molecule has 0 spiro atoms. The van der Waals surface area contributed by atoms with Crippen LogP contribution in [0.15, 0.2) is 78.2 Å². The molecular weight excluding hydrogens is 352 g/mol. The average molecular weight is 370 g/mol. The number of nitrogens with zero attached hydrogens (tertiary/aromatic N) is 1. The molecule has 1 heterocycles. The van der Waals surface area contributed by atoms with E-state index in [0.29, 0.717) is 11.0 Å². The van der Waals surface area contributed by atoms with Crippen molar-refractivity contribution in [2.45, 2.75) is 12.3 Å². The smallest absolute Gasteiger partial charge is 0.229 e. The molecule has 1 N–H and O–H groups in total. The molecule has 0 unspecified atom stereocenters. The molecule has 0 aliphatic heterocycles. The predicted molar refractivity (Wildman–Crippen MR) is 111 cm³/mol. The Bertz CT molecular complexity index is 1110. The summed E-state index contributed by atoms with van der Waals surface area (Å²) < 4.78 is 0. The van der Waals surface area contributed by atoms with Gasteiger partial charge in [0.2, 0.25) is 5.91 Å². The summed E-state index contributed by atoms with van der Waals surface area (Å²) in [5.74, 6) is 0.462. The molecule has 3 aromatic carbocycles. The molecule has 1 aliphatic carbocycles. The molecule has 0 saturated heterocycles. The molecule has 3 nitrogen and oxygen atoms in total. The number of aromatic nitrogens is 1. The number of carbonyl (C=O) groups is 1. The summed E-state index contributed by atoms with van der Waals surface area (Å²) >= 11 is 1.48. The molecule has 1 amide bonds. The minimum absolute atomic E-state index is 0.0531. The first-order chi connectivity index (χ1) is 13.3. The zero-order valence-corrected chi connectivity index (χ0v) is 15.4. The zero-order chi connectivity index (χ0) is 18.2. The van der Waals surface area contributed by atoms with Crippen molar-refractivity contribution >= 4 is 33.1 Å². The van der Waals surface area contributed by atoms with Gasteiger partial charge in [-0.05, 0) is 28.7 Å². The number of amides is 1. The molecule has 0 radical (unpaired) electrons. The number of carbonyl (C=O) groups excluding carboxylic acids is 1. The van der Waals surface area contributed by atoms with Crippen molar-refractivity contribution in [3.05, 3.63) is 83.7 Å². The Morgan fingerprint density at radius 3 is 2.63 bits per heavy atom. The largest absolute Gasteiger partial charge is 0.302 e. The highest BCUT2D eigenvalue weighted by Crippen LogP contribution is 2.48. The number of hydrogen-bond donors (Lipinski definition) is 1. The maximum atomic E-state index is 12.6. The van der Waals surface area contributed by atoms with Crippen molar-refractivity contribution in [3.63, 3.8) is 0 Å². The molecule has 132 valence electrons. The van der Waals surface area contributed by atoms with Crippen molar-refractivity contribution in [2.24, 2.45) is 5.92 Å². The molecule has 1 aromatic heterocycles. The topological polar surface area (TPSA) is 42.0 Å². The maximum Gasteiger partial charge on any atom is 0.229 e. The van der Waals surface area contributed by atoms with Crippen LogP contribution in [-0.2, 0) is 4.79 Å². The molecule has 27 heavy (non-hydrogen) atoms. The lowest BCUT2D eigenvalue weighted by molar-refractivity contribution is -0.117. The fourth-order valence-corrected chi connectivity index (χ4v) is 4.37. The number of anilines is 1. The van der Waals surface area contributed by atoms with Crippen LogP contribution in [-0.4, -0.2) is 10.9 Å². The second kappa shape index (κ2) is 6.63. The minimum Gasteiger partial charge on any atom is -0.302 e. The Morgan fingerprint density at radius 2 is 1.74 bits per heavy atom. The number of hydrogen-bond acceptors (Lipinski definition) is 3. The van der Waals surface area contributed by atoms with E-state index in [0.717, 1.165) is 17.7 Å². The summed E-state index contributed by atoms with van der Waals surface area (Å²) in [5.41, 5.74) is 3.24. The molecule has 4 heteroatoms. The maximum absolute atomic E-state index is 12.6. The average Bonchev–Trinajstić information content (AvgIpc) is 3.40. The van der Waals surface area contributed by atoms with Crippen molar-refractivity contribution in [3.8, 4) is 11.3 Å². The van der Waals surface area contributed by atoms with Gasteiger partial charge in [-0.25, -0.2) is 4.98 Å². The highest BCUT2D eigenvalue weighted by atomic mass is 32.1. The Morgan fingerprint density at radius 1 is 0.963 bits per heavy atom. The van der Waals surface area contributed by atoms with Crippen molar-refractivity contribution in [1.29, 1.82) is 0 Å². The Labute approximate surface area is 161 Å². The third kappa shape index (κ3) is 3.13. The fraction of sp³-hybridized carbons (Fsp3) is 0.130. The molecule has 4 aromatic rings. The third-order valence-electron chi connectivity index (χ3n) is 5.15. The summed E-state index contributed by atoms with van der Waals surface area (Å²) in [6.45, 7) is 0.